The zero-order valence-electron chi connectivity index (χ0n) is 12.7. The van der Waals surface area contributed by atoms with E-state index in [9.17, 15) is 0 Å². The van der Waals surface area contributed by atoms with Crippen LogP contribution in [0.25, 0.3) is 0 Å². The van der Waals surface area contributed by atoms with Crippen LogP contribution in [0.1, 0.15) is 35.0 Å². The highest BCUT2D eigenvalue weighted by Crippen LogP contribution is 2.26. The minimum absolute atomic E-state index is 0.527. The fourth-order valence-corrected chi connectivity index (χ4v) is 2.70. The van der Waals surface area contributed by atoms with Crippen molar-refractivity contribution in [2.24, 2.45) is 0 Å². The molecule has 0 saturated carbocycles. The minimum Gasteiger partial charge on any atom is -0.487 e. The van der Waals surface area contributed by atoms with Crippen molar-refractivity contribution in [3.63, 3.8) is 0 Å². The third-order valence-corrected chi connectivity index (χ3v) is 4.61. The Bertz CT molecular complexity index is 632. The zero-order chi connectivity index (χ0) is 14.9. The fourth-order valence-electron chi connectivity index (χ4n) is 2.30. The number of rotatable bonds is 4. The van der Waals surface area contributed by atoms with E-state index in [1.165, 1.54) is 16.7 Å². The van der Waals surface area contributed by atoms with Crippen LogP contribution in [0.5, 0.6) is 5.75 Å². The molecule has 0 aliphatic carbocycles. The molecule has 0 atom stereocenters. The molecule has 0 saturated heterocycles. The van der Waals surface area contributed by atoms with Crippen LogP contribution in [0, 0.1) is 27.7 Å². The number of benzene rings is 1. The maximum absolute atomic E-state index is 6.03. The molecule has 3 nitrogen and oxygen atoms in total. The Morgan fingerprint density at radius 2 is 1.90 bits per heavy atom. The molecule has 1 heterocycles. The SMILES string of the molecule is CCn1nc(C)c(Br)c1COc1cc(C)cc(C)c1C. The van der Waals surface area contributed by atoms with Gasteiger partial charge in [0, 0.05) is 6.54 Å². The predicted octanol–water partition coefficient (Wildman–Crippen LogP) is 4.48. The first-order valence-electron chi connectivity index (χ1n) is 6.86. The Kier molecular flexibility index (Phi) is 4.53. The largest absolute Gasteiger partial charge is 0.487 e. The Hall–Kier alpha value is -1.29. The molecular weight excluding hydrogens is 316 g/mol. The average Bonchev–Trinajstić information content (AvgIpc) is 2.68. The molecule has 1 aromatic heterocycles. The standard InChI is InChI=1S/C16H21BrN2O/c1-6-19-14(16(17)13(5)18-19)9-20-15-8-10(2)7-11(3)12(15)4/h7-8H,6,9H2,1-5H3. The normalized spacial score (nSPS) is 10.9. The molecule has 0 aliphatic heterocycles. The number of hydrogen-bond donors (Lipinski definition) is 0. The lowest BCUT2D eigenvalue weighted by atomic mass is 10.1. The van der Waals surface area contributed by atoms with E-state index < -0.39 is 0 Å². The van der Waals surface area contributed by atoms with Gasteiger partial charge in [-0.2, -0.15) is 5.10 Å². The molecule has 0 amide bonds. The molecule has 0 radical (unpaired) electrons. The van der Waals surface area contributed by atoms with E-state index in [0.717, 1.165) is 28.2 Å². The summed E-state index contributed by atoms with van der Waals surface area (Å²) >= 11 is 3.60. The van der Waals surface area contributed by atoms with Crippen LogP contribution in [0.2, 0.25) is 0 Å². The zero-order valence-corrected chi connectivity index (χ0v) is 14.3. The van der Waals surface area contributed by atoms with Crippen LogP contribution in [-0.4, -0.2) is 9.78 Å². The van der Waals surface area contributed by atoms with Crippen LogP contribution in [0.15, 0.2) is 16.6 Å². The van der Waals surface area contributed by atoms with Gasteiger partial charge in [-0.3, -0.25) is 4.68 Å². The molecule has 2 aromatic rings. The van der Waals surface area contributed by atoms with Crippen LogP contribution in [0.3, 0.4) is 0 Å². The van der Waals surface area contributed by atoms with Gasteiger partial charge in [0.15, 0.2) is 0 Å². The molecule has 0 aliphatic rings. The van der Waals surface area contributed by atoms with Gasteiger partial charge in [-0.15, -0.1) is 0 Å². The van der Waals surface area contributed by atoms with Crippen molar-refractivity contribution in [2.45, 2.75) is 47.8 Å². The van der Waals surface area contributed by atoms with Crippen LogP contribution < -0.4 is 4.74 Å². The second-order valence-electron chi connectivity index (χ2n) is 5.16. The van der Waals surface area contributed by atoms with Crippen molar-refractivity contribution in [3.8, 4) is 5.75 Å². The summed E-state index contributed by atoms with van der Waals surface area (Å²) in [5.74, 6) is 0.955. The van der Waals surface area contributed by atoms with Crippen LogP contribution in [0.4, 0.5) is 0 Å². The van der Waals surface area contributed by atoms with E-state index in [4.69, 9.17) is 4.74 Å². The molecule has 108 valence electrons. The monoisotopic (exact) mass is 336 g/mol. The van der Waals surface area contributed by atoms with E-state index in [1.54, 1.807) is 0 Å². The van der Waals surface area contributed by atoms with Gasteiger partial charge in [-0.1, -0.05) is 6.07 Å². The van der Waals surface area contributed by atoms with Crippen molar-refractivity contribution >= 4 is 15.9 Å². The Morgan fingerprint density at radius 3 is 2.55 bits per heavy atom. The minimum atomic E-state index is 0.527. The number of hydrogen-bond acceptors (Lipinski definition) is 2. The smallest absolute Gasteiger partial charge is 0.131 e. The summed E-state index contributed by atoms with van der Waals surface area (Å²) in [4.78, 5) is 0. The molecule has 0 unspecified atom stereocenters. The van der Waals surface area contributed by atoms with Crippen molar-refractivity contribution in [1.29, 1.82) is 0 Å². The highest BCUT2D eigenvalue weighted by atomic mass is 79.9. The molecule has 0 bridgehead atoms. The maximum Gasteiger partial charge on any atom is 0.131 e. The number of nitrogens with zero attached hydrogens (tertiary/aromatic N) is 2. The number of aromatic nitrogens is 2. The van der Waals surface area contributed by atoms with Crippen molar-refractivity contribution < 1.29 is 4.74 Å². The summed E-state index contributed by atoms with van der Waals surface area (Å²) in [6, 6.07) is 4.27. The highest BCUT2D eigenvalue weighted by molar-refractivity contribution is 9.10. The first kappa shape index (κ1) is 15.1. The quantitative estimate of drug-likeness (QED) is 0.823. The molecule has 0 spiro atoms. The van der Waals surface area contributed by atoms with Gasteiger partial charge < -0.3 is 4.74 Å². The van der Waals surface area contributed by atoms with Crippen LogP contribution >= 0.6 is 15.9 Å². The molecule has 1 aromatic carbocycles. The summed E-state index contributed by atoms with van der Waals surface area (Å²) < 4.78 is 9.06. The van der Waals surface area contributed by atoms with E-state index in [0.29, 0.717) is 6.61 Å². The van der Waals surface area contributed by atoms with E-state index >= 15 is 0 Å². The first-order valence-corrected chi connectivity index (χ1v) is 7.65. The first-order chi connectivity index (χ1) is 9.43. The number of aryl methyl sites for hydroxylation is 4. The number of ether oxygens (including phenoxy) is 1. The molecule has 0 fully saturated rings. The van der Waals surface area contributed by atoms with E-state index in [1.807, 2.05) is 11.6 Å². The second kappa shape index (κ2) is 6.00. The van der Waals surface area contributed by atoms with Gasteiger partial charge in [0.2, 0.25) is 0 Å². The maximum atomic E-state index is 6.03. The molecule has 4 heteroatoms. The average molecular weight is 337 g/mol. The Morgan fingerprint density at radius 1 is 1.20 bits per heavy atom. The van der Waals surface area contributed by atoms with Gasteiger partial charge in [-0.05, 0) is 73.3 Å². The summed E-state index contributed by atoms with van der Waals surface area (Å²) in [5.41, 5.74) is 5.78. The summed E-state index contributed by atoms with van der Waals surface area (Å²) in [6.45, 7) is 11.8. The van der Waals surface area contributed by atoms with Crippen molar-refractivity contribution in [3.05, 3.63) is 44.7 Å². The van der Waals surface area contributed by atoms with Crippen molar-refractivity contribution in [1.82, 2.24) is 9.78 Å². The number of halogens is 1. The molecule has 2 rings (SSSR count). The lowest BCUT2D eigenvalue weighted by molar-refractivity contribution is 0.289. The second-order valence-corrected chi connectivity index (χ2v) is 5.95. The topological polar surface area (TPSA) is 27.1 Å². The third kappa shape index (κ3) is 2.90. The summed E-state index contributed by atoms with van der Waals surface area (Å²) in [5, 5.41) is 4.49. The lowest BCUT2D eigenvalue weighted by Crippen LogP contribution is -2.07. The lowest BCUT2D eigenvalue weighted by Gasteiger charge is -2.13. The van der Waals surface area contributed by atoms with Gasteiger partial charge >= 0.3 is 0 Å². The Balaban J connectivity index is 2.25. The van der Waals surface area contributed by atoms with Gasteiger partial charge in [-0.25, -0.2) is 0 Å². The fraction of sp³-hybridized carbons (Fsp3) is 0.438. The van der Waals surface area contributed by atoms with E-state index in [-0.39, 0.29) is 0 Å². The van der Waals surface area contributed by atoms with E-state index in [2.05, 4.69) is 60.9 Å². The highest BCUT2D eigenvalue weighted by Gasteiger charge is 2.13. The van der Waals surface area contributed by atoms with Crippen molar-refractivity contribution in [2.75, 3.05) is 0 Å². The van der Waals surface area contributed by atoms with Gasteiger partial charge in [0.1, 0.15) is 12.4 Å². The molecule has 20 heavy (non-hydrogen) atoms. The van der Waals surface area contributed by atoms with Gasteiger partial charge in [0.05, 0.1) is 15.9 Å². The predicted molar refractivity (Wildman–Crippen MR) is 85.3 cm³/mol. The third-order valence-electron chi connectivity index (χ3n) is 3.58. The van der Waals surface area contributed by atoms with Gasteiger partial charge in [0.25, 0.3) is 0 Å². The molecule has 0 N–H and O–H groups in total. The summed E-state index contributed by atoms with van der Waals surface area (Å²) in [6.07, 6.45) is 0. The summed E-state index contributed by atoms with van der Waals surface area (Å²) in [7, 11) is 0. The molecular formula is C16H21BrN2O. The Labute approximate surface area is 129 Å². The van der Waals surface area contributed by atoms with Crippen LogP contribution in [-0.2, 0) is 13.2 Å².